The second-order valence-electron chi connectivity index (χ2n) is 16.8. The average Bonchev–Trinajstić information content (AvgIpc) is 4.02. The van der Waals surface area contributed by atoms with Gasteiger partial charge in [-0.25, -0.2) is 0 Å². The summed E-state index contributed by atoms with van der Waals surface area (Å²) in [4.78, 5) is 57.1. The molecule has 0 fully saturated rings. The number of carbonyl (C=O) groups is 4. The van der Waals surface area contributed by atoms with E-state index in [1.54, 1.807) is 24.5 Å². The molecule has 0 bridgehead atoms. The molecule has 72 heavy (non-hydrogen) atoms. The van der Waals surface area contributed by atoms with E-state index in [4.69, 9.17) is 0 Å². The quantitative estimate of drug-likeness (QED) is 0.0472. The zero-order valence-electron chi connectivity index (χ0n) is 40.0. The molecule has 0 aliphatic carbocycles. The number of benzene rings is 2. The van der Waals surface area contributed by atoms with E-state index < -0.39 is 0 Å². The normalized spacial score (nSPS) is 10.7. The minimum absolute atomic E-state index is 0.119. The first-order chi connectivity index (χ1) is 35.1. The lowest BCUT2D eigenvalue weighted by Crippen LogP contribution is -2.16. The Morgan fingerprint density at radius 1 is 0.403 bits per heavy atom. The molecule has 0 radical (unpaired) electrons. The van der Waals surface area contributed by atoms with Gasteiger partial charge >= 0.3 is 0 Å². The monoisotopic (exact) mass is 1000 g/mol. The van der Waals surface area contributed by atoms with Crippen LogP contribution in [-0.2, 0) is 70.5 Å². The van der Waals surface area contributed by atoms with Crippen molar-refractivity contribution >= 4 is 68.2 Å². The fraction of sp³-hybridized carbons (Fsp3) is 0.269. The predicted molar refractivity (Wildman–Crippen MR) is 277 cm³/mol. The van der Waals surface area contributed by atoms with Gasteiger partial charge in [-0.05, 0) is 112 Å². The molecular formula is C52H54N14O4S2. The summed E-state index contributed by atoms with van der Waals surface area (Å²) in [6.45, 7) is 4.00. The molecule has 20 heteroatoms. The van der Waals surface area contributed by atoms with Crippen molar-refractivity contribution in [3.05, 3.63) is 177 Å². The zero-order chi connectivity index (χ0) is 50.3. The van der Waals surface area contributed by atoms with Gasteiger partial charge in [-0.3, -0.25) is 29.1 Å². The van der Waals surface area contributed by atoms with Gasteiger partial charge < -0.3 is 21.3 Å². The number of anilines is 4. The van der Waals surface area contributed by atoms with Gasteiger partial charge in [0.05, 0.1) is 37.1 Å². The van der Waals surface area contributed by atoms with Crippen molar-refractivity contribution in [2.75, 3.05) is 21.3 Å². The average molecular weight is 1000 g/mol. The predicted octanol–water partition coefficient (Wildman–Crippen LogP) is 7.92. The molecule has 0 saturated carbocycles. The minimum Gasteiger partial charge on any atom is -0.309 e. The summed E-state index contributed by atoms with van der Waals surface area (Å²) in [5.41, 5.74) is 7.33. The summed E-state index contributed by atoms with van der Waals surface area (Å²) in [5, 5.41) is 47.0. The first-order valence-electron chi connectivity index (χ1n) is 23.5. The molecule has 0 atom stereocenters. The molecule has 368 valence electrons. The van der Waals surface area contributed by atoms with Gasteiger partial charge in [-0.1, -0.05) is 94.5 Å². The van der Waals surface area contributed by atoms with Crippen molar-refractivity contribution in [3.63, 3.8) is 0 Å². The van der Waals surface area contributed by atoms with Gasteiger partial charge in [0.2, 0.25) is 33.9 Å². The van der Waals surface area contributed by atoms with E-state index in [1.807, 2.05) is 111 Å². The van der Waals surface area contributed by atoms with Crippen LogP contribution in [-0.4, -0.2) is 74.4 Å². The highest BCUT2D eigenvalue weighted by molar-refractivity contribution is 7.15. The molecule has 4 amide bonds. The van der Waals surface area contributed by atoms with E-state index in [0.29, 0.717) is 46.1 Å². The van der Waals surface area contributed by atoms with Gasteiger partial charge in [-0.2, -0.15) is 10.2 Å². The van der Waals surface area contributed by atoms with E-state index in [0.717, 1.165) is 95.0 Å². The van der Waals surface area contributed by atoms with E-state index >= 15 is 0 Å². The maximum absolute atomic E-state index is 12.3. The number of nitrogens with one attached hydrogen (secondary N) is 4. The molecule has 6 heterocycles. The number of carbonyl (C=O) groups excluding carboxylic acids is 4. The van der Waals surface area contributed by atoms with Crippen molar-refractivity contribution in [2.45, 2.75) is 90.9 Å². The molecule has 0 unspecified atom stereocenters. The largest absolute Gasteiger partial charge is 0.309 e. The number of aromatic nitrogens is 10. The molecule has 0 aliphatic rings. The van der Waals surface area contributed by atoms with Crippen LogP contribution in [0.15, 0.2) is 122 Å². The Morgan fingerprint density at radius 3 is 1.22 bits per heavy atom. The van der Waals surface area contributed by atoms with Crippen LogP contribution in [0.5, 0.6) is 0 Å². The lowest BCUT2D eigenvalue weighted by molar-refractivity contribution is -0.116. The number of aryl methyl sites for hydroxylation is 6. The number of hydrogen-bond donors (Lipinski definition) is 4. The number of unbranched alkanes of at least 4 members (excludes halogenated alkanes) is 2. The van der Waals surface area contributed by atoms with Crippen LogP contribution >= 0.6 is 22.7 Å². The second-order valence-corrected chi connectivity index (χ2v) is 18.9. The summed E-state index contributed by atoms with van der Waals surface area (Å²) >= 11 is 2.77. The van der Waals surface area contributed by atoms with Gasteiger partial charge in [0, 0.05) is 36.6 Å². The highest BCUT2D eigenvalue weighted by Crippen LogP contribution is 2.20. The number of hydrogen-bond acceptors (Lipinski definition) is 16. The lowest BCUT2D eigenvalue weighted by atomic mass is 10.1. The summed E-state index contributed by atoms with van der Waals surface area (Å²) in [5.74, 6) is 0.333. The number of rotatable bonds is 22. The van der Waals surface area contributed by atoms with E-state index in [2.05, 4.69) is 72.0 Å². The van der Waals surface area contributed by atoms with Crippen LogP contribution in [0.4, 0.5) is 21.9 Å². The SMILES string of the molecule is Cc1cccc(CC(=O)Nc2ccc(CCCCc3nnc(NC(=O)Cc4ccccn4)s3)nn2)c1.Cc1cccc(CC(=O)Nc2ccc(CCCCc3nnc(NC(=O)Cc4ccccn4)s3)nn2)c1. The summed E-state index contributed by atoms with van der Waals surface area (Å²) < 4.78 is 0. The van der Waals surface area contributed by atoms with Gasteiger partial charge in [0.25, 0.3) is 0 Å². The van der Waals surface area contributed by atoms with Crippen LogP contribution in [0.25, 0.3) is 0 Å². The minimum atomic E-state index is -0.162. The Morgan fingerprint density at radius 2 is 0.833 bits per heavy atom. The fourth-order valence-electron chi connectivity index (χ4n) is 7.15. The van der Waals surface area contributed by atoms with E-state index in [1.165, 1.54) is 22.7 Å². The first kappa shape index (κ1) is 51.7. The van der Waals surface area contributed by atoms with Gasteiger partial charge in [0.15, 0.2) is 11.6 Å². The van der Waals surface area contributed by atoms with Crippen molar-refractivity contribution in [1.82, 2.24) is 50.8 Å². The molecule has 8 aromatic rings. The van der Waals surface area contributed by atoms with Gasteiger partial charge in [-0.15, -0.1) is 30.6 Å². The Labute approximate surface area is 425 Å². The Bertz CT molecular complexity index is 2790. The third-order valence-electron chi connectivity index (χ3n) is 10.6. The summed E-state index contributed by atoms with van der Waals surface area (Å²) in [6, 6.07) is 34.0. The Hall–Kier alpha value is -8.10. The molecule has 0 aliphatic heterocycles. The maximum Gasteiger partial charge on any atom is 0.232 e. The second kappa shape index (κ2) is 27.3. The highest BCUT2D eigenvalue weighted by atomic mass is 32.1. The maximum atomic E-state index is 12.3. The van der Waals surface area contributed by atoms with E-state index in [9.17, 15) is 19.2 Å². The Balaban J connectivity index is 0.000000211. The molecule has 2 aromatic carbocycles. The third kappa shape index (κ3) is 18.3. The molecule has 4 N–H and O–H groups in total. The van der Waals surface area contributed by atoms with Crippen molar-refractivity contribution in [1.29, 1.82) is 0 Å². The zero-order valence-corrected chi connectivity index (χ0v) is 41.6. The molecule has 18 nitrogen and oxygen atoms in total. The van der Waals surface area contributed by atoms with Crippen molar-refractivity contribution in [2.24, 2.45) is 0 Å². The van der Waals surface area contributed by atoms with Crippen molar-refractivity contribution < 1.29 is 19.2 Å². The van der Waals surface area contributed by atoms with Crippen molar-refractivity contribution in [3.8, 4) is 0 Å². The van der Waals surface area contributed by atoms with Gasteiger partial charge in [0.1, 0.15) is 10.0 Å². The summed E-state index contributed by atoms with van der Waals surface area (Å²) in [7, 11) is 0. The third-order valence-corrected chi connectivity index (χ3v) is 12.4. The van der Waals surface area contributed by atoms with Crippen LogP contribution in [0.2, 0.25) is 0 Å². The smallest absolute Gasteiger partial charge is 0.232 e. The molecule has 6 aromatic heterocycles. The standard InChI is InChI=1S/2C26H27N7O2S/c2*1-18-7-6-8-19(15-18)16-23(34)28-22-13-12-20(30-31-22)9-2-3-11-25-32-33-26(36-25)29-24(35)17-21-10-4-5-14-27-21/h2*4-8,10,12-15H,2-3,9,11,16-17H2,1H3,(H,28,31,34)(H,29,33,35). The topological polar surface area (TPSA) is 245 Å². The molecule has 8 rings (SSSR count). The lowest BCUT2D eigenvalue weighted by Gasteiger charge is -2.06. The van der Waals surface area contributed by atoms with Crippen LogP contribution in [0.3, 0.4) is 0 Å². The van der Waals surface area contributed by atoms with Crippen LogP contribution in [0.1, 0.15) is 80.7 Å². The first-order valence-corrected chi connectivity index (χ1v) is 25.1. The molecule has 0 saturated heterocycles. The Kier molecular flexibility index (Phi) is 19.6. The fourth-order valence-corrected chi connectivity index (χ4v) is 8.74. The molecule has 0 spiro atoms. The summed E-state index contributed by atoms with van der Waals surface area (Å²) in [6.07, 6.45) is 11.1. The van der Waals surface area contributed by atoms with E-state index in [-0.39, 0.29) is 36.5 Å². The number of pyridine rings is 2. The molecular weight excluding hydrogens is 949 g/mol. The number of nitrogens with zero attached hydrogens (tertiary/aromatic N) is 10. The highest BCUT2D eigenvalue weighted by Gasteiger charge is 2.13. The van der Waals surface area contributed by atoms with Crippen LogP contribution in [0, 0.1) is 13.8 Å². The van der Waals surface area contributed by atoms with Crippen LogP contribution < -0.4 is 21.3 Å². The number of amides is 4.